The lowest BCUT2D eigenvalue weighted by atomic mass is 9.65. The Labute approximate surface area is 400 Å². The molecule has 4 aliphatic rings. The van der Waals surface area contributed by atoms with Gasteiger partial charge in [-0.2, -0.15) is 0 Å². The van der Waals surface area contributed by atoms with Crippen LogP contribution in [0.1, 0.15) is 44.5 Å². The van der Waals surface area contributed by atoms with Crippen molar-refractivity contribution in [3.8, 4) is 56.4 Å². The standard InChI is InChI=1S/C66H41NO2/c1-2-17-42(18-3-1)43-33-35-46(36-34-43)67(59-29-16-28-56-64(59)50-22-7-9-24-52(50)65(56)53-25-10-13-30-60(53)68-61-31-14-11-26-54(61)65)47-37-38-49-48-21-6-8-23-51(48)66(57(49)41-47)55-27-12-15-32-62(55)69-63-40-45-20-5-4-19-44(45)39-58(63)66/h1-41H. The monoisotopic (exact) mass is 879 g/mol. The molecule has 3 nitrogen and oxygen atoms in total. The maximum absolute atomic E-state index is 6.94. The van der Waals surface area contributed by atoms with E-state index in [0.29, 0.717) is 0 Å². The topological polar surface area (TPSA) is 21.7 Å². The van der Waals surface area contributed by atoms with Gasteiger partial charge in [-0.25, -0.2) is 0 Å². The second kappa shape index (κ2) is 14.3. The Kier molecular flexibility index (Phi) is 7.92. The predicted molar refractivity (Wildman–Crippen MR) is 279 cm³/mol. The van der Waals surface area contributed by atoms with Crippen molar-refractivity contribution in [1.82, 2.24) is 0 Å². The number of ether oxygens (including phenoxy) is 2. The summed E-state index contributed by atoms with van der Waals surface area (Å²) in [7, 11) is 0. The van der Waals surface area contributed by atoms with Gasteiger partial charge in [0.15, 0.2) is 0 Å². The van der Waals surface area contributed by atoms with Crippen LogP contribution in [0.3, 0.4) is 0 Å². The quantitative estimate of drug-likeness (QED) is 0.176. The summed E-state index contributed by atoms with van der Waals surface area (Å²) >= 11 is 0. The van der Waals surface area contributed by atoms with Gasteiger partial charge in [-0.3, -0.25) is 0 Å². The summed E-state index contributed by atoms with van der Waals surface area (Å²) in [5.41, 5.74) is 18.8. The van der Waals surface area contributed by atoms with E-state index < -0.39 is 10.8 Å². The van der Waals surface area contributed by atoms with Crippen LogP contribution >= 0.6 is 0 Å². The molecule has 1 unspecified atom stereocenters. The van der Waals surface area contributed by atoms with E-state index in [9.17, 15) is 0 Å². The molecule has 0 saturated heterocycles. The first-order chi connectivity index (χ1) is 34.2. The Morgan fingerprint density at radius 2 is 0.754 bits per heavy atom. The minimum atomic E-state index is -0.663. The number of anilines is 3. The Balaban J connectivity index is 1.03. The highest BCUT2D eigenvalue weighted by Crippen LogP contribution is 2.66. The highest BCUT2D eigenvalue weighted by Gasteiger charge is 2.53. The first-order valence-electron chi connectivity index (χ1n) is 23.8. The normalized spacial score (nSPS) is 15.7. The highest BCUT2D eigenvalue weighted by molar-refractivity contribution is 6.00. The molecular formula is C66H41NO2. The zero-order valence-corrected chi connectivity index (χ0v) is 37.4. The van der Waals surface area contributed by atoms with Crippen LogP contribution in [0, 0.1) is 0 Å². The first-order valence-corrected chi connectivity index (χ1v) is 23.8. The molecule has 0 saturated carbocycles. The molecule has 3 heteroatoms. The number of hydrogen-bond donors (Lipinski definition) is 0. The molecule has 2 aliphatic carbocycles. The van der Waals surface area contributed by atoms with Crippen LogP contribution in [-0.2, 0) is 10.8 Å². The summed E-state index contributed by atoms with van der Waals surface area (Å²) in [5.74, 6) is 3.52. The van der Waals surface area contributed by atoms with Crippen molar-refractivity contribution in [1.29, 1.82) is 0 Å². The summed E-state index contributed by atoms with van der Waals surface area (Å²) in [4.78, 5) is 2.50. The molecule has 1 atom stereocenters. The minimum Gasteiger partial charge on any atom is -0.457 e. The van der Waals surface area contributed by atoms with Crippen molar-refractivity contribution in [2.45, 2.75) is 10.8 Å². The van der Waals surface area contributed by atoms with Crippen LogP contribution in [0.4, 0.5) is 17.1 Å². The van der Waals surface area contributed by atoms with Crippen LogP contribution in [0.15, 0.2) is 249 Å². The summed E-state index contributed by atoms with van der Waals surface area (Å²) in [6.07, 6.45) is 0. The molecule has 15 rings (SSSR count). The highest BCUT2D eigenvalue weighted by atomic mass is 16.5. The fourth-order valence-corrected chi connectivity index (χ4v) is 12.6. The number of benzene rings is 11. The summed E-state index contributed by atoms with van der Waals surface area (Å²) in [6.45, 7) is 0. The van der Waals surface area contributed by atoms with Gasteiger partial charge in [-0.15, -0.1) is 0 Å². The lowest BCUT2D eigenvalue weighted by molar-refractivity contribution is 0.436. The zero-order valence-electron chi connectivity index (χ0n) is 37.4. The third-order valence-corrected chi connectivity index (χ3v) is 15.4. The maximum atomic E-state index is 6.94. The van der Waals surface area contributed by atoms with E-state index in [1.54, 1.807) is 0 Å². The van der Waals surface area contributed by atoms with Gasteiger partial charge in [-0.05, 0) is 122 Å². The molecule has 0 bridgehead atoms. The average molecular weight is 880 g/mol. The van der Waals surface area contributed by atoms with Gasteiger partial charge < -0.3 is 14.4 Å². The number of para-hydroxylation sites is 3. The third kappa shape index (κ3) is 5.11. The molecule has 11 aromatic rings. The smallest absolute Gasteiger partial charge is 0.132 e. The second-order valence-corrected chi connectivity index (χ2v) is 18.7. The van der Waals surface area contributed by atoms with E-state index in [2.05, 4.69) is 254 Å². The van der Waals surface area contributed by atoms with Crippen molar-refractivity contribution in [2.75, 3.05) is 4.90 Å². The van der Waals surface area contributed by atoms with Gasteiger partial charge in [0.05, 0.1) is 16.5 Å². The van der Waals surface area contributed by atoms with Crippen molar-refractivity contribution in [3.05, 3.63) is 293 Å². The van der Waals surface area contributed by atoms with Crippen molar-refractivity contribution in [3.63, 3.8) is 0 Å². The van der Waals surface area contributed by atoms with Crippen LogP contribution < -0.4 is 14.4 Å². The van der Waals surface area contributed by atoms with Crippen LogP contribution in [0.2, 0.25) is 0 Å². The van der Waals surface area contributed by atoms with Crippen molar-refractivity contribution in [2.24, 2.45) is 0 Å². The molecule has 2 spiro atoms. The fraction of sp³-hybridized carbons (Fsp3) is 0.0303. The molecule has 0 N–H and O–H groups in total. The van der Waals surface area contributed by atoms with Crippen molar-refractivity contribution < 1.29 is 9.47 Å². The fourth-order valence-electron chi connectivity index (χ4n) is 12.6. The van der Waals surface area contributed by atoms with Gasteiger partial charge in [0, 0.05) is 39.2 Å². The van der Waals surface area contributed by atoms with Gasteiger partial charge in [-0.1, -0.05) is 188 Å². The van der Waals surface area contributed by atoms with E-state index in [-0.39, 0.29) is 0 Å². The lowest BCUT2D eigenvalue weighted by Crippen LogP contribution is -2.32. The van der Waals surface area contributed by atoms with Gasteiger partial charge in [0.2, 0.25) is 0 Å². The molecule has 0 amide bonds. The lowest BCUT2D eigenvalue weighted by Gasteiger charge is -2.40. The van der Waals surface area contributed by atoms with Gasteiger partial charge >= 0.3 is 0 Å². The van der Waals surface area contributed by atoms with E-state index in [1.165, 1.54) is 61.0 Å². The summed E-state index contributed by atoms with van der Waals surface area (Å²) in [6, 6.07) is 91.0. The van der Waals surface area contributed by atoms with Crippen LogP contribution in [-0.4, -0.2) is 0 Å². The Bertz CT molecular complexity index is 3880. The Hall–Kier alpha value is -8.92. The van der Waals surface area contributed by atoms with Gasteiger partial charge in [0.25, 0.3) is 0 Å². The van der Waals surface area contributed by atoms with Crippen LogP contribution in [0.5, 0.6) is 23.0 Å². The Morgan fingerprint density at radius 1 is 0.275 bits per heavy atom. The van der Waals surface area contributed by atoms with E-state index in [0.717, 1.165) is 67.7 Å². The largest absolute Gasteiger partial charge is 0.457 e. The molecular weight excluding hydrogens is 839 g/mol. The number of rotatable bonds is 4. The van der Waals surface area contributed by atoms with E-state index in [1.807, 2.05) is 0 Å². The predicted octanol–water partition coefficient (Wildman–Crippen LogP) is 16.9. The molecule has 0 radical (unpaired) electrons. The summed E-state index contributed by atoms with van der Waals surface area (Å²) in [5, 5.41) is 2.34. The van der Waals surface area contributed by atoms with Crippen LogP contribution in [0.25, 0.3) is 44.2 Å². The molecule has 69 heavy (non-hydrogen) atoms. The van der Waals surface area contributed by atoms with Gasteiger partial charge in [0.1, 0.15) is 23.0 Å². The Morgan fingerprint density at radius 3 is 1.43 bits per heavy atom. The van der Waals surface area contributed by atoms with E-state index in [4.69, 9.17) is 9.47 Å². The third-order valence-electron chi connectivity index (χ3n) is 15.4. The molecule has 0 fully saturated rings. The molecule has 2 heterocycles. The molecule has 322 valence electrons. The van der Waals surface area contributed by atoms with Crippen molar-refractivity contribution >= 4 is 27.8 Å². The first kappa shape index (κ1) is 38.2. The number of nitrogens with zero attached hydrogens (tertiary/aromatic N) is 1. The SMILES string of the molecule is c1ccc(-c2ccc(N(c3ccc4c(c3)C3(c5ccccc5Oc5cc6ccccc6cc53)c3ccccc3-4)c3cccc4c3-c3ccccc3C43c4ccccc4Oc4ccccc43)cc2)cc1. The molecule has 0 aromatic heterocycles. The number of fused-ring (bicyclic) bond motifs is 19. The summed E-state index contributed by atoms with van der Waals surface area (Å²) < 4.78 is 13.7. The maximum Gasteiger partial charge on any atom is 0.132 e. The average Bonchev–Trinajstić information content (AvgIpc) is 3.87. The number of hydrogen-bond acceptors (Lipinski definition) is 3. The minimum absolute atomic E-state index is 0.613. The van der Waals surface area contributed by atoms with E-state index >= 15 is 0 Å². The molecule has 2 aliphatic heterocycles. The zero-order chi connectivity index (χ0) is 45.3. The second-order valence-electron chi connectivity index (χ2n) is 18.7. The molecule has 11 aromatic carbocycles.